The lowest BCUT2D eigenvalue weighted by atomic mass is 10.1. The number of furan rings is 1. The molecule has 3 rings (SSSR count). The van der Waals surface area contributed by atoms with Crippen molar-refractivity contribution >= 4 is 5.91 Å². The zero-order valence-electron chi connectivity index (χ0n) is 12.2. The van der Waals surface area contributed by atoms with Gasteiger partial charge in [0.15, 0.2) is 5.76 Å². The molecule has 0 aliphatic heterocycles. The van der Waals surface area contributed by atoms with Gasteiger partial charge in [0.1, 0.15) is 11.6 Å². The number of amides is 1. The molecular weight excluding hydrogens is 269 g/mol. The number of hydrogen-bond donors (Lipinski definition) is 0. The highest BCUT2D eigenvalue weighted by Gasteiger charge is 2.33. The van der Waals surface area contributed by atoms with Gasteiger partial charge in [0.05, 0.1) is 5.56 Å². The fourth-order valence-electron chi connectivity index (χ4n) is 2.51. The van der Waals surface area contributed by atoms with Crippen LogP contribution < -0.4 is 0 Å². The minimum Gasteiger partial charge on any atom is -0.451 e. The molecular formula is C17H18FNO2. The zero-order valence-corrected chi connectivity index (χ0v) is 12.2. The summed E-state index contributed by atoms with van der Waals surface area (Å²) < 4.78 is 19.3. The van der Waals surface area contributed by atoms with Crippen LogP contribution in [0.5, 0.6) is 0 Å². The van der Waals surface area contributed by atoms with Crippen LogP contribution in [0.1, 0.15) is 30.3 Å². The van der Waals surface area contributed by atoms with E-state index in [4.69, 9.17) is 4.42 Å². The minimum atomic E-state index is -0.356. The summed E-state index contributed by atoms with van der Waals surface area (Å²) in [4.78, 5) is 14.1. The lowest BCUT2D eigenvalue weighted by Gasteiger charge is -2.23. The normalized spacial score (nSPS) is 15.8. The van der Waals surface area contributed by atoms with Crippen LogP contribution in [0, 0.1) is 11.7 Å². The first-order valence-electron chi connectivity index (χ1n) is 7.20. The number of hydrogen-bond acceptors (Lipinski definition) is 2. The average molecular weight is 287 g/mol. The van der Waals surface area contributed by atoms with Gasteiger partial charge in [-0.25, -0.2) is 4.39 Å². The monoisotopic (exact) mass is 287 g/mol. The molecule has 1 heterocycles. The van der Waals surface area contributed by atoms with Gasteiger partial charge in [0.2, 0.25) is 0 Å². The van der Waals surface area contributed by atoms with Crippen LogP contribution >= 0.6 is 0 Å². The Morgan fingerprint density at radius 3 is 2.67 bits per heavy atom. The number of carbonyl (C=O) groups is 1. The molecule has 1 aliphatic rings. The van der Waals surface area contributed by atoms with Gasteiger partial charge in [-0.05, 0) is 49.9 Å². The maximum Gasteiger partial charge on any atom is 0.289 e. The molecule has 1 amide bonds. The van der Waals surface area contributed by atoms with Gasteiger partial charge in [-0.1, -0.05) is 12.1 Å². The van der Waals surface area contributed by atoms with Gasteiger partial charge >= 0.3 is 0 Å². The third-order valence-corrected chi connectivity index (χ3v) is 4.19. The van der Waals surface area contributed by atoms with Gasteiger partial charge in [-0.2, -0.15) is 0 Å². The Labute approximate surface area is 123 Å². The Hall–Kier alpha value is -2.10. The van der Waals surface area contributed by atoms with E-state index in [2.05, 4.69) is 6.92 Å². The van der Waals surface area contributed by atoms with E-state index in [0.29, 0.717) is 17.2 Å². The van der Waals surface area contributed by atoms with Crippen molar-refractivity contribution in [2.75, 3.05) is 7.05 Å². The van der Waals surface area contributed by atoms with Gasteiger partial charge < -0.3 is 9.32 Å². The van der Waals surface area contributed by atoms with E-state index in [9.17, 15) is 9.18 Å². The highest BCUT2D eigenvalue weighted by Crippen LogP contribution is 2.35. The summed E-state index contributed by atoms with van der Waals surface area (Å²) in [5.74, 6) is 0.717. The third-order valence-electron chi connectivity index (χ3n) is 4.19. The van der Waals surface area contributed by atoms with Crippen LogP contribution in [0.3, 0.4) is 0 Å². The molecule has 1 aromatic heterocycles. The van der Waals surface area contributed by atoms with E-state index < -0.39 is 0 Å². The van der Waals surface area contributed by atoms with Gasteiger partial charge in [-0.3, -0.25) is 4.79 Å². The lowest BCUT2D eigenvalue weighted by molar-refractivity contribution is 0.0696. The molecule has 0 N–H and O–H groups in total. The average Bonchev–Trinajstić information content (AvgIpc) is 3.23. The van der Waals surface area contributed by atoms with Crippen molar-refractivity contribution in [3.8, 4) is 11.3 Å². The summed E-state index contributed by atoms with van der Waals surface area (Å²) in [5, 5.41) is 0. The molecule has 1 saturated carbocycles. The Morgan fingerprint density at radius 2 is 2.00 bits per heavy atom. The van der Waals surface area contributed by atoms with Crippen molar-refractivity contribution in [3.63, 3.8) is 0 Å². The summed E-state index contributed by atoms with van der Waals surface area (Å²) in [7, 11) is 1.79. The van der Waals surface area contributed by atoms with E-state index in [-0.39, 0.29) is 23.5 Å². The first-order valence-corrected chi connectivity index (χ1v) is 7.20. The van der Waals surface area contributed by atoms with Crippen LogP contribution in [0.15, 0.2) is 40.8 Å². The van der Waals surface area contributed by atoms with E-state index in [1.165, 1.54) is 18.9 Å². The minimum absolute atomic E-state index is 0.156. The molecule has 2 aromatic rings. The standard InChI is InChI=1S/C17H18FNO2/c1-11(12-7-8-12)19(2)17(20)16-10-9-15(21-16)13-5-3-4-6-14(13)18/h3-6,9-12H,7-8H2,1-2H3. The Morgan fingerprint density at radius 1 is 1.29 bits per heavy atom. The van der Waals surface area contributed by atoms with Crippen molar-refractivity contribution in [2.45, 2.75) is 25.8 Å². The topological polar surface area (TPSA) is 33.5 Å². The molecule has 0 saturated heterocycles. The Kier molecular flexibility index (Phi) is 3.53. The molecule has 1 fully saturated rings. The maximum atomic E-state index is 13.7. The van der Waals surface area contributed by atoms with Crippen molar-refractivity contribution in [1.82, 2.24) is 4.90 Å². The largest absolute Gasteiger partial charge is 0.451 e. The number of halogens is 1. The Bertz CT molecular complexity index is 660. The molecule has 0 bridgehead atoms. The SMILES string of the molecule is CC(C1CC1)N(C)C(=O)c1ccc(-c2ccccc2F)o1. The molecule has 110 valence electrons. The van der Waals surface area contributed by atoms with Crippen LogP contribution in [0.25, 0.3) is 11.3 Å². The molecule has 1 unspecified atom stereocenters. The molecule has 1 aromatic carbocycles. The summed E-state index contributed by atoms with van der Waals surface area (Å²) in [6.07, 6.45) is 2.36. The van der Waals surface area contributed by atoms with E-state index in [0.717, 1.165) is 0 Å². The fraction of sp³-hybridized carbons (Fsp3) is 0.353. The number of benzene rings is 1. The molecule has 1 aliphatic carbocycles. The summed E-state index contributed by atoms with van der Waals surface area (Å²) in [5.41, 5.74) is 0.370. The summed E-state index contributed by atoms with van der Waals surface area (Å²) in [6, 6.07) is 9.84. The highest BCUT2D eigenvalue weighted by atomic mass is 19.1. The second-order valence-electron chi connectivity index (χ2n) is 5.64. The molecule has 0 spiro atoms. The van der Waals surface area contributed by atoms with Gasteiger partial charge in [0.25, 0.3) is 5.91 Å². The first-order chi connectivity index (χ1) is 10.1. The summed E-state index contributed by atoms with van der Waals surface area (Å²) in [6.45, 7) is 2.05. The van der Waals surface area contributed by atoms with Crippen LogP contribution in [-0.2, 0) is 0 Å². The van der Waals surface area contributed by atoms with Crippen LogP contribution in [0.2, 0.25) is 0 Å². The molecule has 1 atom stereocenters. The quantitative estimate of drug-likeness (QED) is 0.853. The van der Waals surface area contributed by atoms with E-state index in [1.807, 2.05) is 0 Å². The molecule has 3 nitrogen and oxygen atoms in total. The first kappa shape index (κ1) is 13.9. The smallest absolute Gasteiger partial charge is 0.289 e. The predicted octanol–water partition coefficient (Wildman–Crippen LogP) is 3.96. The van der Waals surface area contributed by atoms with Crippen LogP contribution in [-0.4, -0.2) is 23.9 Å². The van der Waals surface area contributed by atoms with Crippen molar-refractivity contribution in [2.24, 2.45) is 5.92 Å². The number of nitrogens with zero attached hydrogens (tertiary/aromatic N) is 1. The van der Waals surface area contributed by atoms with Crippen molar-refractivity contribution < 1.29 is 13.6 Å². The maximum absolute atomic E-state index is 13.7. The summed E-state index contributed by atoms with van der Waals surface area (Å²) >= 11 is 0. The van der Waals surface area contributed by atoms with E-state index in [1.54, 1.807) is 42.3 Å². The van der Waals surface area contributed by atoms with E-state index >= 15 is 0 Å². The van der Waals surface area contributed by atoms with Gasteiger partial charge in [0, 0.05) is 13.1 Å². The second-order valence-corrected chi connectivity index (χ2v) is 5.64. The number of carbonyl (C=O) groups excluding carboxylic acids is 1. The van der Waals surface area contributed by atoms with Crippen LogP contribution in [0.4, 0.5) is 4.39 Å². The highest BCUT2D eigenvalue weighted by molar-refractivity contribution is 5.92. The predicted molar refractivity (Wildman–Crippen MR) is 78.4 cm³/mol. The van der Waals surface area contributed by atoms with Gasteiger partial charge in [-0.15, -0.1) is 0 Å². The molecule has 0 radical (unpaired) electrons. The fourth-order valence-corrected chi connectivity index (χ4v) is 2.51. The van der Waals surface area contributed by atoms with Crippen molar-refractivity contribution in [3.05, 3.63) is 48.0 Å². The molecule has 4 heteroatoms. The number of rotatable bonds is 4. The van der Waals surface area contributed by atoms with Crippen molar-refractivity contribution in [1.29, 1.82) is 0 Å². The zero-order chi connectivity index (χ0) is 15.0. The molecule has 21 heavy (non-hydrogen) atoms. The Balaban J connectivity index is 1.81. The third kappa shape index (κ3) is 2.71. The second kappa shape index (κ2) is 5.35. The lowest BCUT2D eigenvalue weighted by Crippen LogP contribution is -2.36.